The van der Waals surface area contributed by atoms with E-state index in [0.717, 1.165) is 64.6 Å². The van der Waals surface area contributed by atoms with Gasteiger partial charge in [-0.3, -0.25) is 9.78 Å². The summed E-state index contributed by atoms with van der Waals surface area (Å²) in [6, 6.07) is 5.47. The number of nitrogens with one attached hydrogen (secondary N) is 3. The molecule has 38 heavy (non-hydrogen) atoms. The monoisotopic (exact) mass is 552 g/mol. The summed E-state index contributed by atoms with van der Waals surface area (Å²) in [5, 5.41) is 3.39. The molecule has 3 aromatic rings. The van der Waals surface area contributed by atoms with E-state index >= 15 is 0 Å². The molecule has 0 bridgehead atoms. The van der Waals surface area contributed by atoms with Gasteiger partial charge in [-0.15, -0.1) is 0 Å². The van der Waals surface area contributed by atoms with Crippen molar-refractivity contribution in [2.75, 3.05) is 0 Å². The average Bonchev–Trinajstić information content (AvgIpc) is 3.41. The van der Waals surface area contributed by atoms with Crippen LogP contribution in [-0.4, -0.2) is 42.0 Å². The summed E-state index contributed by atoms with van der Waals surface area (Å²) in [5.41, 5.74) is -0.924. The smallest absolute Gasteiger partial charge is 0.353 e. The Morgan fingerprint density at radius 3 is 2.34 bits per heavy atom. The van der Waals surface area contributed by atoms with E-state index in [1.54, 1.807) is 10.8 Å². The normalized spacial score (nSPS) is 17.3. The zero-order valence-corrected chi connectivity index (χ0v) is 21.7. The van der Waals surface area contributed by atoms with Gasteiger partial charge in [0.05, 0.1) is 17.0 Å². The van der Waals surface area contributed by atoms with Gasteiger partial charge in [-0.2, -0.15) is 17.9 Å². The van der Waals surface area contributed by atoms with Crippen LogP contribution in [0.25, 0.3) is 22.3 Å². The number of H-pyrrole nitrogens is 1. The molecular formula is C26H28F4N4O3S. The number of benzene rings is 1. The van der Waals surface area contributed by atoms with Crippen molar-refractivity contribution in [2.45, 2.75) is 80.9 Å². The summed E-state index contributed by atoms with van der Waals surface area (Å²) in [7, 11) is -4.55. The second-order valence-corrected chi connectivity index (χ2v) is 12.3. The summed E-state index contributed by atoms with van der Waals surface area (Å²) in [6.45, 7) is 1.45. The van der Waals surface area contributed by atoms with Crippen molar-refractivity contribution in [3.05, 3.63) is 47.4 Å². The van der Waals surface area contributed by atoms with Crippen LogP contribution >= 0.6 is 0 Å². The van der Waals surface area contributed by atoms with Crippen molar-refractivity contribution >= 4 is 26.8 Å². The predicted octanol–water partition coefficient (Wildman–Crippen LogP) is 5.54. The summed E-state index contributed by atoms with van der Waals surface area (Å²) in [6.07, 6.45) is 1.59. The van der Waals surface area contributed by atoms with Crippen molar-refractivity contribution < 1.29 is 30.8 Å². The maximum absolute atomic E-state index is 15.0. The molecule has 0 spiro atoms. The Bertz CT molecular complexity index is 1490. The number of amides is 1. The topological polar surface area (TPSA) is 104 Å². The highest BCUT2D eigenvalue weighted by molar-refractivity contribution is 7.89. The molecule has 0 atom stereocenters. The number of hydrogen-bond donors (Lipinski definition) is 3. The molecule has 0 unspecified atom stereocenters. The van der Waals surface area contributed by atoms with Crippen molar-refractivity contribution in [1.82, 2.24) is 20.0 Å². The van der Waals surface area contributed by atoms with E-state index in [4.69, 9.17) is 0 Å². The molecule has 5 rings (SSSR count). The van der Waals surface area contributed by atoms with Gasteiger partial charge in [0.25, 0.3) is 5.91 Å². The number of carbonyl (C=O) groups excluding carboxylic acids is 1. The molecule has 1 amide bonds. The maximum atomic E-state index is 15.0. The first-order valence-corrected chi connectivity index (χ1v) is 14.0. The molecule has 1 aromatic carbocycles. The number of carbonyl (C=O) groups is 1. The van der Waals surface area contributed by atoms with Gasteiger partial charge >= 0.3 is 6.18 Å². The van der Waals surface area contributed by atoms with Crippen LogP contribution in [0.15, 0.2) is 35.4 Å². The number of rotatable bonds is 7. The highest BCUT2D eigenvalue weighted by atomic mass is 32.2. The van der Waals surface area contributed by atoms with Gasteiger partial charge < -0.3 is 10.3 Å². The van der Waals surface area contributed by atoms with E-state index in [1.807, 2.05) is 0 Å². The Morgan fingerprint density at radius 1 is 1.08 bits per heavy atom. The van der Waals surface area contributed by atoms with Gasteiger partial charge in [-0.25, -0.2) is 12.8 Å². The summed E-state index contributed by atoms with van der Waals surface area (Å²) >= 11 is 0. The van der Waals surface area contributed by atoms with Crippen molar-refractivity contribution in [3.63, 3.8) is 0 Å². The van der Waals surface area contributed by atoms with Crippen molar-refractivity contribution in [3.8, 4) is 11.4 Å². The molecule has 2 aliphatic rings. The number of aromatic nitrogens is 2. The standard InChI is InChI=1S/C26H28F4N4O3S/c1-25(2,26(28,29)30)34-38(36,37)16-9-10-20(31-13-16)23-22(24(35)32-15-5-3-4-6-15)18-11-19(27)17(14-7-8-14)12-21(18)33-23/h9-15,33-34H,3-8H2,1-2H3,(H,32,35). The second-order valence-electron chi connectivity index (χ2n) is 10.6. The molecule has 0 aliphatic heterocycles. The van der Waals surface area contributed by atoms with Crippen LogP contribution in [0.5, 0.6) is 0 Å². The first-order valence-electron chi connectivity index (χ1n) is 12.5. The Labute approximate surface area is 217 Å². The molecule has 2 aliphatic carbocycles. The summed E-state index contributed by atoms with van der Waals surface area (Å²) < 4.78 is 81.6. The van der Waals surface area contributed by atoms with Gasteiger partial charge in [0.2, 0.25) is 10.0 Å². The van der Waals surface area contributed by atoms with Crippen LogP contribution < -0.4 is 10.0 Å². The highest BCUT2D eigenvalue weighted by Crippen LogP contribution is 2.43. The Balaban J connectivity index is 1.53. The van der Waals surface area contributed by atoms with E-state index in [2.05, 4.69) is 15.3 Å². The number of fused-ring (bicyclic) bond motifs is 1. The lowest BCUT2D eigenvalue weighted by Crippen LogP contribution is -2.54. The Kier molecular flexibility index (Phi) is 6.54. The lowest BCUT2D eigenvalue weighted by molar-refractivity contribution is -0.180. The van der Waals surface area contributed by atoms with Crippen LogP contribution in [0.2, 0.25) is 0 Å². The van der Waals surface area contributed by atoms with Crippen LogP contribution in [0.4, 0.5) is 17.6 Å². The van der Waals surface area contributed by atoms with Gasteiger partial charge in [0, 0.05) is 23.1 Å². The van der Waals surface area contributed by atoms with Gasteiger partial charge in [-0.1, -0.05) is 12.8 Å². The second kappa shape index (κ2) is 9.33. The van der Waals surface area contributed by atoms with E-state index in [-0.39, 0.29) is 28.9 Å². The number of nitrogens with zero attached hydrogens (tertiary/aromatic N) is 1. The molecular weight excluding hydrogens is 524 g/mol. The maximum Gasteiger partial charge on any atom is 0.407 e. The molecule has 2 aromatic heterocycles. The number of sulfonamides is 1. The van der Waals surface area contributed by atoms with E-state index in [0.29, 0.717) is 16.5 Å². The number of aromatic amines is 1. The van der Waals surface area contributed by atoms with Crippen molar-refractivity contribution in [2.24, 2.45) is 0 Å². The molecule has 0 saturated heterocycles. The molecule has 12 heteroatoms. The van der Waals surface area contributed by atoms with Crippen LogP contribution in [0, 0.1) is 5.82 Å². The average molecular weight is 553 g/mol. The molecule has 204 valence electrons. The zero-order chi connectivity index (χ0) is 27.5. The van der Waals surface area contributed by atoms with Gasteiger partial charge in [0.1, 0.15) is 16.3 Å². The fraction of sp³-hybridized carbons (Fsp3) is 0.462. The Morgan fingerprint density at radius 2 is 1.76 bits per heavy atom. The number of pyridine rings is 1. The molecule has 3 N–H and O–H groups in total. The SMILES string of the molecule is CC(C)(NS(=O)(=O)c1ccc(-c2[nH]c3cc(C4CC4)c(F)cc3c2C(=O)NC2CCCC2)nc1)C(F)(F)F. The molecule has 2 fully saturated rings. The highest BCUT2D eigenvalue weighted by Gasteiger charge is 2.49. The molecule has 0 radical (unpaired) electrons. The third-order valence-electron chi connectivity index (χ3n) is 7.25. The van der Waals surface area contributed by atoms with E-state index in [1.165, 1.54) is 12.1 Å². The fourth-order valence-electron chi connectivity index (χ4n) is 4.83. The van der Waals surface area contributed by atoms with Crippen LogP contribution in [0.3, 0.4) is 0 Å². The third kappa shape index (κ3) is 5.03. The van der Waals surface area contributed by atoms with Crippen molar-refractivity contribution in [1.29, 1.82) is 0 Å². The predicted molar refractivity (Wildman–Crippen MR) is 134 cm³/mol. The fourth-order valence-corrected chi connectivity index (χ4v) is 6.18. The molecule has 7 nitrogen and oxygen atoms in total. The lowest BCUT2D eigenvalue weighted by atomic mass is 10.0. The van der Waals surface area contributed by atoms with E-state index < -0.39 is 38.4 Å². The first kappa shape index (κ1) is 26.6. The summed E-state index contributed by atoms with van der Waals surface area (Å²) in [5.74, 6) is -0.657. The molecule has 2 saturated carbocycles. The Hall–Kier alpha value is -2.99. The van der Waals surface area contributed by atoms with E-state index in [9.17, 15) is 30.8 Å². The minimum absolute atomic E-state index is 0.000534. The van der Waals surface area contributed by atoms with Gasteiger partial charge in [0.15, 0.2) is 0 Å². The first-order chi connectivity index (χ1) is 17.8. The minimum atomic E-state index is -4.81. The quantitative estimate of drug-likeness (QED) is 0.335. The number of alkyl halides is 3. The minimum Gasteiger partial charge on any atom is -0.353 e. The van der Waals surface area contributed by atoms with Crippen LogP contribution in [0.1, 0.15) is 74.2 Å². The number of hydrogen-bond acceptors (Lipinski definition) is 4. The van der Waals surface area contributed by atoms with Gasteiger partial charge in [-0.05, 0) is 75.3 Å². The van der Waals surface area contributed by atoms with Crippen LogP contribution in [-0.2, 0) is 10.0 Å². The largest absolute Gasteiger partial charge is 0.407 e. The third-order valence-corrected chi connectivity index (χ3v) is 8.89. The molecule has 2 heterocycles. The zero-order valence-electron chi connectivity index (χ0n) is 20.9. The lowest BCUT2D eigenvalue weighted by Gasteiger charge is -2.28. The number of halogens is 4. The summed E-state index contributed by atoms with van der Waals surface area (Å²) in [4.78, 5) is 20.2.